The van der Waals surface area contributed by atoms with Gasteiger partial charge in [0.25, 0.3) is 5.56 Å². The Hall–Kier alpha value is -2.44. The first kappa shape index (κ1) is 15.0. The molecule has 0 amide bonds. The number of anilines is 1. The summed E-state index contributed by atoms with van der Waals surface area (Å²) in [5.41, 5.74) is -0.0835. The van der Waals surface area contributed by atoms with Gasteiger partial charge in [-0.05, 0) is 26.8 Å². The van der Waals surface area contributed by atoms with E-state index in [0.29, 0.717) is 0 Å². The number of hydrogen-bond donors (Lipinski definition) is 2. The topological polar surface area (TPSA) is 84.2 Å². The predicted molar refractivity (Wildman–Crippen MR) is 77.1 cm³/mol. The molecular weight excluding hydrogens is 277 g/mol. The molecule has 0 aliphatic rings. The molecular formula is C14H16FN3O3. The van der Waals surface area contributed by atoms with Gasteiger partial charge in [-0.25, -0.2) is 9.37 Å². The summed E-state index contributed by atoms with van der Waals surface area (Å²) >= 11 is 0. The number of carboxylic acid groups (broad SMARTS) is 1. The molecule has 0 saturated carbocycles. The van der Waals surface area contributed by atoms with Crippen LogP contribution in [0.3, 0.4) is 0 Å². The van der Waals surface area contributed by atoms with Crippen LogP contribution in [0.25, 0.3) is 10.9 Å². The number of halogens is 1. The van der Waals surface area contributed by atoms with Gasteiger partial charge in [0.2, 0.25) is 0 Å². The maximum atomic E-state index is 13.9. The summed E-state index contributed by atoms with van der Waals surface area (Å²) in [6.45, 7) is 4.74. The van der Waals surface area contributed by atoms with Gasteiger partial charge in [0.15, 0.2) is 0 Å². The molecule has 1 aromatic carbocycles. The Bertz CT molecular complexity index is 768. The van der Waals surface area contributed by atoms with Crippen LogP contribution >= 0.6 is 0 Å². The van der Waals surface area contributed by atoms with Crippen molar-refractivity contribution in [2.45, 2.75) is 33.4 Å². The molecule has 0 saturated heterocycles. The summed E-state index contributed by atoms with van der Waals surface area (Å²) in [5, 5.41) is 11.9. The third-order valence-electron chi connectivity index (χ3n) is 2.97. The Morgan fingerprint density at radius 2 is 2.14 bits per heavy atom. The number of carboxylic acids is 1. The number of carbonyl (C=O) groups is 1. The van der Waals surface area contributed by atoms with E-state index in [2.05, 4.69) is 10.3 Å². The van der Waals surface area contributed by atoms with Crippen LogP contribution in [0, 0.1) is 12.7 Å². The van der Waals surface area contributed by atoms with Gasteiger partial charge in [-0.15, -0.1) is 0 Å². The molecule has 7 heteroatoms. The number of rotatable bonds is 4. The monoisotopic (exact) mass is 293 g/mol. The molecule has 0 atom stereocenters. The van der Waals surface area contributed by atoms with Gasteiger partial charge in [0.05, 0.1) is 16.6 Å². The van der Waals surface area contributed by atoms with Crippen LogP contribution in [0.2, 0.25) is 0 Å². The summed E-state index contributed by atoms with van der Waals surface area (Å²) in [6.07, 6.45) is 0. The lowest BCUT2D eigenvalue weighted by Crippen LogP contribution is -2.27. The first-order valence-corrected chi connectivity index (χ1v) is 6.48. The third-order valence-corrected chi connectivity index (χ3v) is 2.97. The number of fused-ring (bicyclic) bond motifs is 1. The van der Waals surface area contributed by atoms with Gasteiger partial charge in [-0.1, -0.05) is 0 Å². The molecule has 2 aromatic rings. The number of benzene rings is 1. The second kappa shape index (κ2) is 5.51. The quantitative estimate of drug-likeness (QED) is 0.897. The first-order valence-electron chi connectivity index (χ1n) is 6.48. The van der Waals surface area contributed by atoms with Crippen LogP contribution in [0.4, 0.5) is 10.1 Å². The van der Waals surface area contributed by atoms with Crippen LogP contribution < -0.4 is 10.9 Å². The Labute approximate surface area is 120 Å². The van der Waals surface area contributed by atoms with Crippen molar-refractivity contribution in [3.63, 3.8) is 0 Å². The number of aryl methyl sites for hydroxylation is 1. The van der Waals surface area contributed by atoms with E-state index in [4.69, 9.17) is 5.11 Å². The molecule has 2 rings (SSSR count). The molecule has 0 unspecified atom stereocenters. The maximum absolute atomic E-state index is 13.9. The van der Waals surface area contributed by atoms with E-state index in [0.717, 1.165) is 4.57 Å². The first-order chi connectivity index (χ1) is 9.79. The highest BCUT2D eigenvalue weighted by molar-refractivity contribution is 5.82. The van der Waals surface area contributed by atoms with Crippen molar-refractivity contribution >= 4 is 22.6 Å². The zero-order chi connectivity index (χ0) is 15.7. The van der Waals surface area contributed by atoms with Crippen LogP contribution in [0.5, 0.6) is 0 Å². The molecule has 0 aliphatic heterocycles. The van der Waals surface area contributed by atoms with E-state index in [-0.39, 0.29) is 28.5 Å². The molecule has 2 N–H and O–H groups in total. The van der Waals surface area contributed by atoms with Crippen LogP contribution in [-0.4, -0.2) is 26.7 Å². The minimum atomic E-state index is -1.14. The largest absolute Gasteiger partial charge is 0.480 e. The predicted octanol–water partition coefficient (Wildman–Crippen LogP) is 1.75. The zero-order valence-corrected chi connectivity index (χ0v) is 12.0. The molecule has 0 radical (unpaired) electrons. The summed E-state index contributed by atoms with van der Waals surface area (Å²) in [7, 11) is 0. The van der Waals surface area contributed by atoms with Gasteiger partial charge < -0.3 is 10.4 Å². The Balaban J connectivity index is 2.69. The second-order valence-corrected chi connectivity index (χ2v) is 5.09. The number of aliphatic carboxylic acids is 1. The van der Waals surface area contributed by atoms with Crippen molar-refractivity contribution in [1.29, 1.82) is 0 Å². The van der Waals surface area contributed by atoms with Crippen molar-refractivity contribution in [2.75, 3.05) is 5.32 Å². The van der Waals surface area contributed by atoms with Crippen molar-refractivity contribution in [3.05, 3.63) is 34.1 Å². The van der Waals surface area contributed by atoms with E-state index in [1.165, 1.54) is 19.1 Å². The van der Waals surface area contributed by atoms with Gasteiger partial charge in [-0.3, -0.25) is 14.2 Å². The SMILES string of the molecule is Cc1nc2cc(F)c(NC(C)C)cc2c(=O)n1CC(=O)O. The van der Waals surface area contributed by atoms with E-state index in [9.17, 15) is 14.0 Å². The van der Waals surface area contributed by atoms with E-state index < -0.39 is 23.9 Å². The van der Waals surface area contributed by atoms with Crippen molar-refractivity contribution in [3.8, 4) is 0 Å². The maximum Gasteiger partial charge on any atom is 0.323 e. The van der Waals surface area contributed by atoms with E-state index >= 15 is 0 Å². The normalized spacial score (nSPS) is 11.1. The molecule has 112 valence electrons. The lowest BCUT2D eigenvalue weighted by molar-refractivity contribution is -0.137. The molecule has 0 fully saturated rings. The molecule has 21 heavy (non-hydrogen) atoms. The lowest BCUT2D eigenvalue weighted by atomic mass is 10.2. The van der Waals surface area contributed by atoms with Crippen molar-refractivity contribution in [1.82, 2.24) is 9.55 Å². The number of aromatic nitrogens is 2. The molecule has 0 bridgehead atoms. The lowest BCUT2D eigenvalue weighted by Gasteiger charge is -2.13. The highest BCUT2D eigenvalue weighted by Crippen LogP contribution is 2.20. The molecule has 1 aromatic heterocycles. The molecule has 0 spiro atoms. The van der Waals surface area contributed by atoms with Crippen LogP contribution in [0.15, 0.2) is 16.9 Å². The van der Waals surface area contributed by atoms with E-state index in [1.807, 2.05) is 13.8 Å². The van der Waals surface area contributed by atoms with Crippen molar-refractivity contribution < 1.29 is 14.3 Å². The smallest absolute Gasteiger partial charge is 0.323 e. The average molecular weight is 293 g/mol. The van der Waals surface area contributed by atoms with Crippen LogP contribution in [0.1, 0.15) is 19.7 Å². The Morgan fingerprint density at radius 3 is 2.71 bits per heavy atom. The van der Waals surface area contributed by atoms with E-state index in [1.54, 1.807) is 0 Å². The highest BCUT2D eigenvalue weighted by atomic mass is 19.1. The minimum Gasteiger partial charge on any atom is -0.480 e. The summed E-state index contributed by atoms with van der Waals surface area (Å²) in [6, 6.07) is 2.55. The Kier molecular flexibility index (Phi) is 3.93. The van der Waals surface area contributed by atoms with Crippen molar-refractivity contribution in [2.24, 2.45) is 0 Å². The third kappa shape index (κ3) is 3.01. The van der Waals surface area contributed by atoms with Crippen LogP contribution in [-0.2, 0) is 11.3 Å². The fraction of sp³-hybridized carbons (Fsp3) is 0.357. The second-order valence-electron chi connectivity index (χ2n) is 5.09. The number of hydrogen-bond acceptors (Lipinski definition) is 4. The average Bonchev–Trinajstić information content (AvgIpc) is 2.36. The Morgan fingerprint density at radius 1 is 1.48 bits per heavy atom. The van der Waals surface area contributed by atoms with Gasteiger partial charge in [0.1, 0.15) is 18.2 Å². The summed E-state index contributed by atoms with van der Waals surface area (Å²) < 4.78 is 15.0. The molecule has 0 aliphatic carbocycles. The van der Waals surface area contributed by atoms with Gasteiger partial charge in [0, 0.05) is 12.1 Å². The van der Waals surface area contributed by atoms with Gasteiger partial charge in [-0.2, -0.15) is 0 Å². The molecule has 6 nitrogen and oxygen atoms in total. The highest BCUT2D eigenvalue weighted by Gasteiger charge is 2.14. The molecule has 1 heterocycles. The summed E-state index contributed by atoms with van der Waals surface area (Å²) in [4.78, 5) is 27.3. The number of nitrogens with zero attached hydrogens (tertiary/aromatic N) is 2. The number of nitrogens with one attached hydrogen (secondary N) is 1. The zero-order valence-electron chi connectivity index (χ0n) is 12.0. The fourth-order valence-electron chi connectivity index (χ4n) is 2.10. The minimum absolute atomic E-state index is 0.00315. The fourth-order valence-corrected chi connectivity index (χ4v) is 2.10. The summed E-state index contributed by atoms with van der Waals surface area (Å²) in [5.74, 6) is -1.40. The standard InChI is InChI=1S/C14H16FN3O3/c1-7(2)16-12-4-9-11(5-10(12)15)17-8(3)18(14(9)21)6-13(19)20/h4-5,7,16H,6H2,1-3H3,(H,19,20). The van der Waals surface area contributed by atoms with Gasteiger partial charge >= 0.3 is 5.97 Å².